The molecule has 0 aromatic carbocycles. The zero-order chi connectivity index (χ0) is 56.9. The predicted molar refractivity (Wildman–Crippen MR) is 289 cm³/mol. The SMILES string of the molecule is CCCCCCCCCCCCCC(=O)O[C@H](CCCCCCCCCCC)CC(=O)N[C@@H]1[C@@H](OC(=O)CCCCCCCCCCCCC)[C@H](OP(=O)(O)O)[C@@H](CO[C@@]2(C(=O)O)C[C@@H](O)[C@@H](O)[C@@H](C(O)CO)O2)O[C@H]1O. The van der Waals surface area contributed by atoms with E-state index in [9.17, 15) is 64.2 Å². The van der Waals surface area contributed by atoms with Crippen molar-refractivity contribution >= 4 is 31.6 Å². The van der Waals surface area contributed by atoms with Crippen molar-refractivity contribution in [3.63, 3.8) is 0 Å². The molecule has 0 aromatic rings. The van der Waals surface area contributed by atoms with Crippen molar-refractivity contribution in [2.75, 3.05) is 13.2 Å². The Bertz CT molecular complexity index is 1620. The molecule has 1 amide bonds. The molecule has 1 unspecified atom stereocenters. The lowest BCUT2D eigenvalue weighted by atomic mass is 9.92. The van der Waals surface area contributed by atoms with Gasteiger partial charge in [-0.2, -0.15) is 0 Å². The van der Waals surface area contributed by atoms with Gasteiger partial charge in [0, 0.05) is 19.3 Å². The topological polar surface area (TPSA) is 315 Å². The molecule has 0 saturated carbocycles. The molecule has 2 aliphatic rings. The van der Waals surface area contributed by atoms with E-state index in [0.717, 1.165) is 96.3 Å². The van der Waals surface area contributed by atoms with Crippen LogP contribution < -0.4 is 5.32 Å². The molecule has 0 bridgehead atoms. The second kappa shape index (κ2) is 41.6. The van der Waals surface area contributed by atoms with E-state index in [-0.39, 0.29) is 19.3 Å². The monoisotopic (exact) mass is 1130 g/mol. The van der Waals surface area contributed by atoms with E-state index < -0.39 is 118 Å². The van der Waals surface area contributed by atoms with Crippen LogP contribution in [0.3, 0.4) is 0 Å². The summed E-state index contributed by atoms with van der Waals surface area (Å²) in [6, 6.07) is -1.75. The minimum absolute atomic E-state index is 0.157. The Balaban J connectivity index is 2.32. The first-order valence-electron chi connectivity index (χ1n) is 29.9. The molecule has 2 aliphatic heterocycles. The van der Waals surface area contributed by atoms with E-state index in [4.69, 9.17) is 28.2 Å². The van der Waals surface area contributed by atoms with Crippen LogP contribution in [0.25, 0.3) is 0 Å². The molecule has 0 aromatic heterocycles. The van der Waals surface area contributed by atoms with Crippen LogP contribution in [0.5, 0.6) is 0 Å². The number of phosphoric acid groups is 1. The minimum atomic E-state index is -5.57. The number of aliphatic hydroxyl groups excluding tert-OH is 5. The quantitative estimate of drug-likeness (QED) is 0.0156. The molecule has 2 saturated heterocycles. The third-order valence-corrected chi connectivity index (χ3v) is 15.3. The molecular weight excluding hydrogens is 1020 g/mol. The molecule has 2 rings (SSSR count). The molecule has 11 atom stereocenters. The van der Waals surface area contributed by atoms with Gasteiger partial charge in [-0.05, 0) is 25.7 Å². The fourth-order valence-corrected chi connectivity index (χ4v) is 10.7. The van der Waals surface area contributed by atoms with Crippen molar-refractivity contribution in [2.24, 2.45) is 0 Å². The van der Waals surface area contributed by atoms with Gasteiger partial charge in [-0.15, -0.1) is 0 Å². The summed E-state index contributed by atoms with van der Waals surface area (Å²) in [7, 11) is -5.57. The van der Waals surface area contributed by atoms with Crippen molar-refractivity contribution in [1.29, 1.82) is 0 Å². The minimum Gasteiger partial charge on any atom is -0.477 e. The standard InChI is InChI=1S/C56H104NO19P/c1-4-7-10-13-16-19-21-24-27-30-33-36-47(62)72-42(35-32-29-26-23-18-15-12-9-6-3)38-46(61)57-49-53(74-48(63)37-34-31-28-25-22-20-17-14-11-8-5-2)52(76-77(68,69)70)45(73-54(49)65)41-71-56(55(66)67)39-43(59)50(64)51(75-56)44(60)40-58/h42-45,49-54,58-60,64-65H,4-41H2,1-3H3,(H,57,61)(H,66,67)(H2,68,69,70)/t42-,43-,44?,45-,49-,50-,51-,52-,53-,54-,56+/m1/s1. The molecule has 452 valence electrons. The van der Waals surface area contributed by atoms with Crippen molar-refractivity contribution in [1.82, 2.24) is 5.32 Å². The number of ether oxygens (including phenoxy) is 5. The van der Waals surface area contributed by atoms with E-state index in [2.05, 4.69) is 26.1 Å². The Morgan fingerprint density at radius 3 is 1.53 bits per heavy atom. The first-order chi connectivity index (χ1) is 36.9. The van der Waals surface area contributed by atoms with Crippen LogP contribution in [-0.4, -0.2) is 144 Å². The molecular formula is C56H104NO19P. The van der Waals surface area contributed by atoms with E-state index in [1.165, 1.54) is 77.0 Å². The molecule has 21 heteroatoms. The molecule has 0 radical (unpaired) electrons. The highest BCUT2D eigenvalue weighted by molar-refractivity contribution is 7.46. The van der Waals surface area contributed by atoms with Crippen molar-refractivity contribution in [3.8, 4) is 0 Å². The number of carboxylic acid groups (broad SMARTS) is 1. The average Bonchev–Trinajstić information content (AvgIpc) is 3.38. The maximum atomic E-state index is 14.1. The van der Waals surface area contributed by atoms with Gasteiger partial charge in [-0.1, -0.05) is 201 Å². The number of carboxylic acids is 1. The van der Waals surface area contributed by atoms with Gasteiger partial charge in [0.1, 0.15) is 42.7 Å². The number of carbonyl (C=O) groups is 4. The number of phosphoric ester groups is 1. The number of unbranched alkanes of at least 4 members (excludes halogenated alkanes) is 28. The lowest BCUT2D eigenvalue weighted by Crippen LogP contribution is -2.67. The number of nitrogens with one attached hydrogen (secondary N) is 1. The smallest absolute Gasteiger partial charge is 0.470 e. The Kier molecular flexibility index (Phi) is 38.3. The largest absolute Gasteiger partial charge is 0.477 e. The molecule has 2 fully saturated rings. The number of hydrogen-bond donors (Lipinski definition) is 9. The second-order valence-electron chi connectivity index (χ2n) is 21.6. The fraction of sp³-hybridized carbons (Fsp3) is 0.929. The molecule has 9 N–H and O–H groups in total. The van der Waals surface area contributed by atoms with Crippen molar-refractivity contribution < 1.29 is 92.4 Å². The Morgan fingerprint density at radius 1 is 0.649 bits per heavy atom. The predicted octanol–water partition coefficient (Wildman–Crippen LogP) is 8.86. The summed E-state index contributed by atoms with van der Waals surface area (Å²) in [5.41, 5.74) is 0. The molecule has 2 heterocycles. The normalized spacial score (nSPS) is 24.5. The third-order valence-electron chi connectivity index (χ3n) is 14.7. The third kappa shape index (κ3) is 30.3. The van der Waals surface area contributed by atoms with Gasteiger partial charge < -0.3 is 69.4 Å². The fourth-order valence-electron chi connectivity index (χ4n) is 10.2. The van der Waals surface area contributed by atoms with Gasteiger partial charge in [-0.3, -0.25) is 18.9 Å². The average molecular weight is 1130 g/mol. The maximum Gasteiger partial charge on any atom is 0.470 e. The second-order valence-corrected chi connectivity index (χ2v) is 22.8. The van der Waals surface area contributed by atoms with Gasteiger partial charge >= 0.3 is 25.7 Å². The first kappa shape index (κ1) is 70.8. The Labute approximate surface area is 460 Å². The molecule has 0 aliphatic carbocycles. The van der Waals surface area contributed by atoms with Gasteiger partial charge in [0.05, 0.1) is 25.7 Å². The van der Waals surface area contributed by atoms with Crippen LogP contribution in [0, 0.1) is 0 Å². The van der Waals surface area contributed by atoms with Crippen LogP contribution in [0.15, 0.2) is 0 Å². The molecule has 20 nitrogen and oxygen atoms in total. The van der Waals surface area contributed by atoms with E-state index in [0.29, 0.717) is 32.1 Å². The van der Waals surface area contributed by atoms with E-state index in [1.54, 1.807) is 0 Å². The highest BCUT2D eigenvalue weighted by atomic mass is 31.2. The zero-order valence-corrected chi connectivity index (χ0v) is 48.1. The Hall–Kier alpha value is -2.33. The summed E-state index contributed by atoms with van der Waals surface area (Å²) >= 11 is 0. The zero-order valence-electron chi connectivity index (χ0n) is 47.2. The summed E-state index contributed by atoms with van der Waals surface area (Å²) in [6.07, 6.45) is 15.2. The van der Waals surface area contributed by atoms with Crippen molar-refractivity contribution in [2.45, 2.75) is 319 Å². The van der Waals surface area contributed by atoms with Crippen LogP contribution in [0.2, 0.25) is 0 Å². The Morgan fingerprint density at radius 2 is 1.09 bits per heavy atom. The number of aliphatic carboxylic acids is 1. The number of hydrogen-bond acceptors (Lipinski definition) is 16. The van der Waals surface area contributed by atoms with E-state index in [1.807, 2.05) is 0 Å². The van der Waals surface area contributed by atoms with Crippen molar-refractivity contribution in [3.05, 3.63) is 0 Å². The number of esters is 2. The van der Waals surface area contributed by atoms with Gasteiger partial charge in [-0.25, -0.2) is 9.36 Å². The summed E-state index contributed by atoms with van der Waals surface area (Å²) in [6.45, 7) is 4.48. The summed E-state index contributed by atoms with van der Waals surface area (Å²) < 4.78 is 46.4. The highest BCUT2D eigenvalue weighted by Crippen LogP contribution is 2.43. The number of amides is 1. The van der Waals surface area contributed by atoms with Gasteiger partial charge in [0.2, 0.25) is 5.91 Å². The van der Waals surface area contributed by atoms with E-state index >= 15 is 0 Å². The summed E-state index contributed by atoms with van der Waals surface area (Å²) in [5.74, 6) is -6.85. The number of aliphatic hydroxyl groups is 5. The maximum absolute atomic E-state index is 14.1. The number of rotatable bonds is 47. The van der Waals surface area contributed by atoms with Crippen LogP contribution >= 0.6 is 7.82 Å². The van der Waals surface area contributed by atoms with Gasteiger partial charge in [0.15, 0.2) is 12.4 Å². The highest BCUT2D eigenvalue weighted by Gasteiger charge is 2.57. The summed E-state index contributed by atoms with van der Waals surface area (Å²) in [4.78, 5) is 74.1. The van der Waals surface area contributed by atoms with Crippen LogP contribution in [0.1, 0.15) is 252 Å². The number of carbonyl (C=O) groups excluding carboxylic acids is 3. The first-order valence-corrected chi connectivity index (χ1v) is 31.4. The molecule has 0 spiro atoms. The van der Waals surface area contributed by atoms with Gasteiger partial charge in [0.25, 0.3) is 5.79 Å². The lowest BCUT2D eigenvalue weighted by Gasteiger charge is -2.46. The molecule has 77 heavy (non-hydrogen) atoms. The van der Waals surface area contributed by atoms with Crippen LogP contribution in [-0.2, 0) is 52.0 Å². The summed E-state index contributed by atoms with van der Waals surface area (Å²) in [5, 5.41) is 65.5. The van der Waals surface area contributed by atoms with Crippen LogP contribution in [0.4, 0.5) is 0 Å². The lowest BCUT2D eigenvalue weighted by molar-refractivity contribution is -0.337.